The van der Waals surface area contributed by atoms with E-state index in [1.807, 2.05) is 51.5 Å². The van der Waals surface area contributed by atoms with Crippen LogP contribution in [0.1, 0.15) is 20.8 Å². The zero-order chi connectivity index (χ0) is 26.3. The van der Waals surface area contributed by atoms with E-state index in [1.54, 1.807) is 11.1 Å². The zero-order valence-electron chi connectivity index (χ0n) is 21.8. The summed E-state index contributed by atoms with van der Waals surface area (Å²) in [6.07, 6.45) is 7.11. The summed E-state index contributed by atoms with van der Waals surface area (Å²) in [5, 5.41) is 2.14. The number of nitrogens with zero attached hydrogens (tertiary/aromatic N) is 5. The smallest absolute Gasteiger partial charge is 0.410 e. The van der Waals surface area contributed by atoms with Gasteiger partial charge >= 0.3 is 6.09 Å². The molecule has 192 valence electrons. The minimum absolute atomic E-state index is 0.245. The number of pyridine rings is 3. The molecule has 1 aliphatic heterocycles. The predicted octanol–water partition coefficient (Wildman–Crippen LogP) is 5.90. The average Bonchev–Trinajstić information content (AvgIpc) is 3.30. The van der Waals surface area contributed by atoms with Gasteiger partial charge in [0.15, 0.2) is 0 Å². The van der Waals surface area contributed by atoms with Crippen molar-refractivity contribution in [2.45, 2.75) is 26.4 Å². The number of aromatic amines is 1. The van der Waals surface area contributed by atoms with Crippen LogP contribution in [0.15, 0.2) is 73.3 Å². The number of fused-ring (bicyclic) bond motifs is 3. The van der Waals surface area contributed by atoms with E-state index in [-0.39, 0.29) is 6.09 Å². The van der Waals surface area contributed by atoms with Crippen molar-refractivity contribution >= 4 is 33.7 Å². The van der Waals surface area contributed by atoms with E-state index in [1.165, 1.54) is 0 Å². The van der Waals surface area contributed by atoms with Gasteiger partial charge in [-0.15, -0.1) is 0 Å². The lowest BCUT2D eigenvalue weighted by Crippen LogP contribution is -2.50. The summed E-state index contributed by atoms with van der Waals surface area (Å²) in [7, 11) is 0. The molecule has 0 saturated carbocycles. The monoisotopic (exact) mass is 506 g/mol. The molecule has 4 aromatic heterocycles. The molecular weight excluding hydrogens is 476 g/mol. The molecule has 1 aliphatic rings. The number of aromatic nitrogens is 4. The van der Waals surface area contributed by atoms with E-state index in [0.29, 0.717) is 13.1 Å². The number of nitrogens with one attached hydrogen (secondary N) is 1. The fourth-order valence-corrected chi connectivity index (χ4v) is 4.86. The number of H-pyrrole nitrogens is 1. The Balaban J connectivity index is 1.26. The highest BCUT2D eigenvalue weighted by Gasteiger charge is 2.26. The fourth-order valence-electron chi connectivity index (χ4n) is 4.86. The van der Waals surface area contributed by atoms with E-state index in [4.69, 9.17) is 9.72 Å². The van der Waals surface area contributed by atoms with Gasteiger partial charge in [-0.3, -0.25) is 9.97 Å². The minimum Gasteiger partial charge on any atom is -0.444 e. The third-order valence-electron chi connectivity index (χ3n) is 6.77. The second-order valence-electron chi connectivity index (χ2n) is 10.6. The van der Waals surface area contributed by atoms with Crippen molar-refractivity contribution in [2.75, 3.05) is 31.1 Å². The van der Waals surface area contributed by atoms with Crippen LogP contribution in [0, 0.1) is 0 Å². The Morgan fingerprint density at radius 2 is 1.68 bits per heavy atom. The summed E-state index contributed by atoms with van der Waals surface area (Å²) >= 11 is 0. The first-order chi connectivity index (χ1) is 18.3. The first kappa shape index (κ1) is 23.9. The Morgan fingerprint density at radius 3 is 2.45 bits per heavy atom. The normalized spacial score (nSPS) is 14.3. The molecule has 0 aliphatic carbocycles. The summed E-state index contributed by atoms with van der Waals surface area (Å²) in [5.41, 5.74) is 6.44. The number of amides is 1. The highest BCUT2D eigenvalue weighted by atomic mass is 16.6. The van der Waals surface area contributed by atoms with Crippen LogP contribution in [-0.4, -0.2) is 62.7 Å². The number of ether oxygens (including phenoxy) is 1. The van der Waals surface area contributed by atoms with Gasteiger partial charge in [-0.2, -0.15) is 0 Å². The minimum atomic E-state index is -0.487. The lowest BCUT2D eigenvalue weighted by atomic mass is 10.0. The maximum absolute atomic E-state index is 12.4. The number of hydrogen-bond donors (Lipinski definition) is 1. The predicted molar refractivity (Wildman–Crippen MR) is 150 cm³/mol. The summed E-state index contributed by atoms with van der Waals surface area (Å²) in [6, 6.07) is 16.7. The van der Waals surface area contributed by atoms with Crippen LogP contribution in [0.25, 0.3) is 44.3 Å². The molecule has 38 heavy (non-hydrogen) atoms. The quantitative estimate of drug-likeness (QED) is 0.328. The van der Waals surface area contributed by atoms with Gasteiger partial charge in [-0.05, 0) is 62.7 Å². The molecule has 8 heteroatoms. The molecule has 1 amide bonds. The molecule has 1 aromatic carbocycles. The maximum Gasteiger partial charge on any atom is 0.410 e. The summed E-state index contributed by atoms with van der Waals surface area (Å²) in [4.78, 5) is 33.5. The van der Waals surface area contributed by atoms with E-state index >= 15 is 0 Å². The maximum atomic E-state index is 12.4. The van der Waals surface area contributed by atoms with Crippen molar-refractivity contribution < 1.29 is 9.53 Å². The average molecular weight is 507 g/mol. The Labute approximate surface area is 221 Å². The molecule has 5 aromatic rings. The molecule has 6 rings (SSSR count). The summed E-state index contributed by atoms with van der Waals surface area (Å²) in [5.74, 6) is 0. The van der Waals surface area contributed by atoms with Gasteiger partial charge in [0, 0.05) is 72.4 Å². The van der Waals surface area contributed by atoms with Crippen molar-refractivity contribution in [3.8, 4) is 22.4 Å². The molecule has 0 radical (unpaired) electrons. The first-order valence-corrected chi connectivity index (χ1v) is 12.9. The van der Waals surface area contributed by atoms with Crippen molar-refractivity contribution in [3.63, 3.8) is 0 Å². The molecule has 0 spiro atoms. The highest BCUT2D eigenvalue weighted by Crippen LogP contribution is 2.32. The third kappa shape index (κ3) is 4.77. The molecule has 1 saturated heterocycles. The number of anilines is 1. The topological polar surface area (TPSA) is 87.2 Å². The van der Waals surface area contributed by atoms with Crippen molar-refractivity contribution in [3.05, 3.63) is 73.3 Å². The second-order valence-corrected chi connectivity index (χ2v) is 10.6. The lowest BCUT2D eigenvalue weighted by Gasteiger charge is -2.36. The number of carbonyl (C=O) groups excluding carboxylic acids is 1. The lowest BCUT2D eigenvalue weighted by molar-refractivity contribution is 0.0240. The van der Waals surface area contributed by atoms with Gasteiger partial charge in [0.1, 0.15) is 11.2 Å². The molecule has 5 heterocycles. The number of rotatable bonds is 3. The fraction of sp³-hybridized carbons (Fsp3) is 0.267. The largest absolute Gasteiger partial charge is 0.444 e. The Hall–Kier alpha value is -4.46. The number of carbonyl (C=O) groups is 1. The molecule has 0 atom stereocenters. The van der Waals surface area contributed by atoms with E-state index < -0.39 is 5.60 Å². The van der Waals surface area contributed by atoms with E-state index in [0.717, 1.165) is 63.1 Å². The van der Waals surface area contributed by atoms with Crippen LogP contribution in [0.3, 0.4) is 0 Å². The molecular formula is C30H30N6O2. The van der Waals surface area contributed by atoms with E-state index in [9.17, 15) is 4.79 Å². The van der Waals surface area contributed by atoms with Gasteiger partial charge in [-0.25, -0.2) is 9.78 Å². The first-order valence-electron chi connectivity index (χ1n) is 12.9. The van der Waals surface area contributed by atoms with Gasteiger partial charge in [0.25, 0.3) is 0 Å². The summed E-state index contributed by atoms with van der Waals surface area (Å²) < 4.78 is 5.54. The van der Waals surface area contributed by atoms with Crippen LogP contribution in [0.5, 0.6) is 0 Å². The SMILES string of the molecule is CC(C)(C)OC(=O)N1CCN(c2cccc(-c3cnc4[nH]c5cnc(-c6cccnc6)cc5c4c3)c2)CC1. The van der Waals surface area contributed by atoms with Crippen LogP contribution in [0.2, 0.25) is 0 Å². The molecule has 1 N–H and O–H groups in total. The van der Waals surface area contributed by atoms with Gasteiger partial charge in [-0.1, -0.05) is 12.1 Å². The van der Waals surface area contributed by atoms with Crippen molar-refractivity contribution in [1.29, 1.82) is 0 Å². The van der Waals surface area contributed by atoms with Gasteiger partial charge < -0.3 is 19.5 Å². The zero-order valence-corrected chi connectivity index (χ0v) is 21.8. The summed E-state index contributed by atoms with van der Waals surface area (Å²) in [6.45, 7) is 8.47. The van der Waals surface area contributed by atoms with Crippen LogP contribution >= 0.6 is 0 Å². The second kappa shape index (κ2) is 9.45. The highest BCUT2D eigenvalue weighted by molar-refractivity contribution is 6.07. The van der Waals surface area contributed by atoms with Crippen molar-refractivity contribution in [1.82, 2.24) is 24.8 Å². The number of hydrogen-bond acceptors (Lipinski definition) is 6. The van der Waals surface area contributed by atoms with Crippen LogP contribution in [0.4, 0.5) is 10.5 Å². The third-order valence-corrected chi connectivity index (χ3v) is 6.77. The Morgan fingerprint density at radius 1 is 0.868 bits per heavy atom. The number of piperazine rings is 1. The van der Waals surface area contributed by atoms with Crippen LogP contribution < -0.4 is 4.90 Å². The van der Waals surface area contributed by atoms with E-state index in [2.05, 4.69) is 56.3 Å². The van der Waals surface area contributed by atoms with Gasteiger partial charge in [0.05, 0.1) is 17.4 Å². The molecule has 8 nitrogen and oxygen atoms in total. The van der Waals surface area contributed by atoms with Crippen molar-refractivity contribution in [2.24, 2.45) is 0 Å². The van der Waals surface area contributed by atoms with Crippen LogP contribution in [-0.2, 0) is 4.74 Å². The molecule has 0 unspecified atom stereocenters. The Kier molecular flexibility index (Phi) is 5.94. The Bertz CT molecular complexity index is 1620. The molecule has 1 fully saturated rings. The standard InChI is InChI=1S/C30H30N6O2/c1-30(2,3)38-29(37)36-12-10-35(11-13-36)23-8-4-6-20(14-23)22-15-25-24-16-26(21-7-5-9-31-17-21)32-19-27(24)34-28(25)33-18-22/h4-9,14-19H,10-13H2,1-3H3,(H,33,34). The number of benzene rings is 1. The molecule has 0 bridgehead atoms. The van der Waals surface area contributed by atoms with Gasteiger partial charge in [0.2, 0.25) is 0 Å².